The van der Waals surface area contributed by atoms with Gasteiger partial charge in [-0.05, 0) is 58.2 Å². The van der Waals surface area contributed by atoms with E-state index in [0.717, 1.165) is 37.1 Å². The van der Waals surface area contributed by atoms with Crippen LogP contribution < -0.4 is 15.2 Å². The first-order valence-electron chi connectivity index (χ1n) is 6.41. The smallest absolute Gasteiger partial charge is 0.133 e. The lowest BCUT2D eigenvalue weighted by atomic mass is 9.95. The SMILES string of the molecule is COc1cc(C(N)c2ccc(Br)cc2C)c(OC)cc1Br. The minimum atomic E-state index is -0.282. The predicted molar refractivity (Wildman–Crippen MR) is 92.2 cm³/mol. The third-order valence-corrected chi connectivity index (χ3v) is 4.52. The molecular formula is C16H17Br2NO2. The highest BCUT2D eigenvalue weighted by atomic mass is 79.9. The van der Waals surface area contributed by atoms with Crippen molar-refractivity contribution in [1.82, 2.24) is 0 Å². The number of methoxy groups -OCH3 is 2. The van der Waals surface area contributed by atoms with E-state index in [1.807, 2.05) is 31.2 Å². The van der Waals surface area contributed by atoms with Gasteiger partial charge in [0.15, 0.2) is 0 Å². The zero-order chi connectivity index (χ0) is 15.6. The van der Waals surface area contributed by atoms with Gasteiger partial charge in [-0.1, -0.05) is 22.0 Å². The summed E-state index contributed by atoms with van der Waals surface area (Å²) >= 11 is 6.93. The minimum absolute atomic E-state index is 0.282. The molecular weight excluding hydrogens is 398 g/mol. The van der Waals surface area contributed by atoms with Gasteiger partial charge in [-0.25, -0.2) is 0 Å². The highest BCUT2D eigenvalue weighted by molar-refractivity contribution is 9.10. The third kappa shape index (κ3) is 3.42. The summed E-state index contributed by atoms with van der Waals surface area (Å²) in [6.07, 6.45) is 0. The molecule has 0 amide bonds. The Kier molecular flexibility index (Phi) is 5.30. The van der Waals surface area contributed by atoms with Gasteiger partial charge in [-0.2, -0.15) is 0 Å². The molecule has 0 aliphatic carbocycles. The van der Waals surface area contributed by atoms with Gasteiger partial charge in [0.2, 0.25) is 0 Å². The maximum absolute atomic E-state index is 6.45. The Balaban J connectivity index is 2.53. The van der Waals surface area contributed by atoms with Crippen LogP contribution in [0.25, 0.3) is 0 Å². The summed E-state index contributed by atoms with van der Waals surface area (Å²) in [6, 6.07) is 9.58. The van der Waals surface area contributed by atoms with E-state index in [2.05, 4.69) is 37.9 Å². The lowest BCUT2D eigenvalue weighted by Crippen LogP contribution is -2.14. The summed E-state index contributed by atoms with van der Waals surface area (Å²) in [5.74, 6) is 1.47. The number of nitrogens with two attached hydrogens (primary N) is 1. The van der Waals surface area contributed by atoms with Gasteiger partial charge in [-0.3, -0.25) is 0 Å². The number of aryl methyl sites for hydroxylation is 1. The summed E-state index contributed by atoms with van der Waals surface area (Å²) in [7, 11) is 3.27. The second-order valence-corrected chi connectivity index (χ2v) is 6.48. The van der Waals surface area contributed by atoms with Gasteiger partial charge in [0.05, 0.1) is 24.7 Å². The van der Waals surface area contributed by atoms with Gasteiger partial charge < -0.3 is 15.2 Å². The highest BCUT2D eigenvalue weighted by Crippen LogP contribution is 2.38. The Hall–Kier alpha value is -1.04. The molecule has 1 unspecified atom stereocenters. The van der Waals surface area contributed by atoms with Crippen molar-refractivity contribution in [1.29, 1.82) is 0 Å². The molecule has 0 aliphatic heterocycles. The van der Waals surface area contributed by atoms with E-state index in [9.17, 15) is 0 Å². The Morgan fingerprint density at radius 3 is 2.19 bits per heavy atom. The first-order chi connectivity index (χ1) is 9.97. The van der Waals surface area contributed by atoms with Crippen LogP contribution in [0.1, 0.15) is 22.7 Å². The van der Waals surface area contributed by atoms with Crippen LogP contribution in [0.2, 0.25) is 0 Å². The van der Waals surface area contributed by atoms with Crippen LogP contribution >= 0.6 is 31.9 Å². The Morgan fingerprint density at radius 2 is 1.62 bits per heavy atom. The van der Waals surface area contributed by atoms with Crippen molar-refractivity contribution in [2.24, 2.45) is 5.73 Å². The minimum Gasteiger partial charge on any atom is -0.496 e. The normalized spacial score (nSPS) is 12.1. The molecule has 112 valence electrons. The van der Waals surface area contributed by atoms with Crippen molar-refractivity contribution in [3.05, 3.63) is 56.0 Å². The fourth-order valence-corrected chi connectivity index (χ4v) is 3.24. The van der Waals surface area contributed by atoms with E-state index in [0.29, 0.717) is 0 Å². The molecule has 2 N–H and O–H groups in total. The molecule has 0 spiro atoms. The van der Waals surface area contributed by atoms with Gasteiger partial charge in [0, 0.05) is 10.0 Å². The maximum Gasteiger partial charge on any atom is 0.133 e. The van der Waals surface area contributed by atoms with Crippen LogP contribution in [-0.4, -0.2) is 14.2 Å². The second kappa shape index (κ2) is 6.81. The monoisotopic (exact) mass is 413 g/mol. The first-order valence-corrected chi connectivity index (χ1v) is 7.99. The lowest BCUT2D eigenvalue weighted by molar-refractivity contribution is 0.395. The van der Waals surface area contributed by atoms with Gasteiger partial charge in [0.25, 0.3) is 0 Å². The molecule has 5 heteroatoms. The molecule has 1 atom stereocenters. The van der Waals surface area contributed by atoms with Crippen LogP contribution in [0.4, 0.5) is 0 Å². The molecule has 2 aromatic carbocycles. The Morgan fingerprint density at radius 1 is 0.952 bits per heavy atom. The third-order valence-electron chi connectivity index (χ3n) is 3.41. The maximum atomic E-state index is 6.45. The molecule has 2 aromatic rings. The lowest BCUT2D eigenvalue weighted by Gasteiger charge is -2.20. The van der Waals surface area contributed by atoms with Crippen LogP contribution in [0.3, 0.4) is 0 Å². The zero-order valence-corrected chi connectivity index (χ0v) is 15.3. The predicted octanol–water partition coefficient (Wildman–Crippen LogP) is 4.59. The largest absolute Gasteiger partial charge is 0.496 e. The number of hydrogen-bond donors (Lipinski definition) is 1. The number of halogens is 2. The second-order valence-electron chi connectivity index (χ2n) is 4.71. The van der Waals surface area contributed by atoms with E-state index in [-0.39, 0.29) is 6.04 Å². The van der Waals surface area contributed by atoms with E-state index < -0.39 is 0 Å². The van der Waals surface area contributed by atoms with Gasteiger partial charge in [-0.15, -0.1) is 0 Å². The summed E-state index contributed by atoms with van der Waals surface area (Å²) in [6.45, 7) is 2.04. The first kappa shape index (κ1) is 16.3. The van der Waals surface area contributed by atoms with Crippen molar-refractivity contribution in [2.75, 3.05) is 14.2 Å². The van der Waals surface area contributed by atoms with Gasteiger partial charge >= 0.3 is 0 Å². The van der Waals surface area contributed by atoms with E-state index in [4.69, 9.17) is 15.2 Å². The topological polar surface area (TPSA) is 44.5 Å². The molecule has 0 aromatic heterocycles. The summed E-state index contributed by atoms with van der Waals surface area (Å²) in [5.41, 5.74) is 9.52. The molecule has 0 bridgehead atoms. The Bertz CT molecular complexity index is 659. The van der Waals surface area contributed by atoms with Crippen LogP contribution in [-0.2, 0) is 0 Å². The van der Waals surface area contributed by atoms with E-state index >= 15 is 0 Å². The number of ether oxygens (including phenoxy) is 2. The van der Waals surface area contributed by atoms with Crippen molar-refractivity contribution in [2.45, 2.75) is 13.0 Å². The van der Waals surface area contributed by atoms with Crippen LogP contribution in [0, 0.1) is 6.92 Å². The fourth-order valence-electron chi connectivity index (χ4n) is 2.28. The van der Waals surface area contributed by atoms with Crippen molar-refractivity contribution >= 4 is 31.9 Å². The molecule has 2 rings (SSSR count). The average Bonchev–Trinajstić information content (AvgIpc) is 2.46. The number of hydrogen-bond acceptors (Lipinski definition) is 3. The van der Waals surface area contributed by atoms with E-state index in [1.54, 1.807) is 14.2 Å². The zero-order valence-electron chi connectivity index (χ0n) is 12.1. The fraction of sp³-hybridized carbons (Fsp3) is 0.250. The van der Waals surface area contributed by atoms with Gasteiger partial charge in [0.1, 0.15) is 11.5 Å². The molecule has 0 heterocycles. The molecule has 0 saturated heterocycles. The average molecular weight is 415 g/mol. The summed E-state index contributed by atoms with van der Waals surface area (Å²) in [5, 5.41) is 0. The van der Waals surface area contributed by atoms with Crippen LogP contribution in [0.15, 0.2) is 39.3 Å². The van der Waals surface area contributed by atoms with Crippen molar-refractivity contribution in [3.63, 3.8) is 0 Å². The molecule has 21 heavy (non-hydrogen) atoms. The quantitative estimate of drug-likeness (QED) is 0.795. The summed E-state index contributed by atoms with van der Waals surface area (Å²) < 4.78 is 12.7. The molecule has 0 saturated carbocycles. The number of benzene rings is 2. The Labute approximate surface area is 141 Å². The molecule has 0 aliphatic rings. The molecule has 0 fully saturated rings. The van der Waals surface area contributed by atoms with Crippen LogP contribution in [0.5, 0.6) is 11.5 Å². The highest BCUT2D eigenvalue weighted by Gasteiger charge is 2.18. The molecule has 3 nitrogen and oxygen atoms in total. The van der Waals surface area contributed by atoms with Crippen molar-refractivity contribution in [3.8, 4) is 11.5 Å². The van der Waals surface area contributed by atoms with Crippen molar-refractivity contribution < 1.29 is 9.47 Å². The van der Waals surface area contributed by atoms with E-state index in [1.165, 1.54) is 0 Å². The summed E-state index contributed by atoms with van der Waals surface area (Å²) in [4.78, 5) is 0. The number of rotatable bonds is 4. The molecule has 0 radical (unpaired) electrons. The standard InChI is InChI=1S/C16H17Br2NO2/c1-9-6-10(17)4-5-11(9)16(19)12-7-15(21-3)13(18)8-14(12)20-2/h4-8,16H,19H2,1-3H3.